The van der Waals surface area contributed by atoms with Crippen LogP contribution in [-0.4, -0.2) is 52.7 Å². The predicted octanol–water partition coefficient (Wildman–Crippen LogP) is 1.90. The van der Waals surface area contributed by atoms with E-state index in [9.17, 15) is 0 Å². The largest absolute Gasteiger partial charge is 0.379 e. The Labute approximate surface area is 129 Å². The third-order valence-electron chi connectivity index (χ3n) is 4.28. The maximum atomic E-state index is 5.44. The molecule has 0 unspecified atom stereocenters. The lowest BCUT2D eigenvalue weighted by molar-refractivity contribution is -0.00969. The summed E-state index contributed by atoms with van der Waals surface area (Å²) < 4.78 is 7.63. The zero-order valence-electron chi connectivity index (χ0n) is 13.1. The van der Waals surface area contributed by atoms with E-state index in [1.54, 1.807) is 11.3 Å². The fourth-order valence-corrected chi connectivity index (χ4v) is 3.70. The minimum absolute atomic E-state index is 0.149. The van der Waals surface area contributed by atoms with E-state index in [1.807, 2.05) is 0 Å². The van der Waals surface area contributed by atoms with E-state index in [2.05, 4.69) is 51.9 Å². The monoisotopic (exact) mass is 308 g/mol. The average molecular weight is 308 g/mol. The summed E-state index contributed by atoms with van der Waals surface area (Å²) in [6.07, 6.45) is 2.10. The molecule has 1 N–H and O–H groups in total. The molecule has 0 saturated carbocycles. The van der Waals surface area contributed by atoms with Crippen molar-refractivity contribution in [3.8, 4) is 0 Å². The van der Waals surface area contributed by atoms with Gasteiger partial charge in [-0.25, -0.2) is 4.98 Å². The van der Waals surface area contributed by atoms with Crippen LogP contribution in [0.5, 0.6) is 0 Å². The molecule has 3 rings (SSSR count). The third kappa shape index (κ3) is 3.13. The molecule has 0 aromatic carbocycles. The second kappa shape index (κ2) is 6.04. The van der Waals surface area contributed by atoms with Crippen LogP contribution in [0.1, 0.15) is 25.2 Å². The number of fused-ring (bicyclic) bond motifs is 1. The van der Waals surface area contributed by atoms with Gasteiger partial charge < -0.3 is 10.1 Å². The van der Waals surface area contributed by atoms with Gasteiger partial charge in [-0.05, 0) is 20.8 Å². The van der Waals surface area contributed by atoms with Gasteiger partial charge in [0.2, 0.25) is 0 Å². The molecule has 21 heavy (non-hydrogen) atoms. The molecule has 0 bridgehead atoms. The minimum atomic E-state index is 0.149. The van der Waals surface area contributed by atoms with Crippen LogP contribution in [0.15, 0.2) is 11.6 Å². The molecular formula is C15H24N4OS. The highest BCUT2D eigenvalue weighted by molar-refractivity contribution is 7.15. The molecule has 0 atom stereocenters. The zero-order valence-corrected chi connectivity index (χ0v) is 13.9. The van der Waals surface area contributed by atoms with Gasteiger partial charge in [0.25, 0.3) is 0 Å². The van der Waals surface area contributed by atoms with E-state index in [1.165, 1.54) is 5.69 Å². The van der Waals surface area contributed by atoms with E-state index in [0.29, 0.717) is 0 Å². The molecule has 116 valence electrons. The van der Waals surface area contributed by atoms with Gasteiger partial charge in [-0.15, -0.1) is 11.3 Å². The van der Waals surface area contributed by atoms with Gasteiger partial charge in [0.05, 0.1) is 24.6 Å². The summed E-state index contributed by atoms with van der Waals surface area (Å²) in [5.41, 5.74) is 2.54. The maximum absolute atomic E-state index is 5.44. The summed E-state index contributed by atoms with van der Waals surface area (Å²) in [5, 5.41) is 5.70. The third-order valence-corrected chi connectivity index (χ3v) is 5.04. The molecule has 1 fully saturated rings. The number of ether oxygens (including phenoxy) is 1. The second-order valence-electron chi connectivity index (χ2n) is 6.21. The van der Waals surface area contributed by atoms with E-state index >= 15 is 0 Å². The summed E-state index contributed by atoms with van der Waals surface area (Å²) in [7, 11) is 0. The molecule has 0 aliphatic carbocycles. The van der Waals surface area contributed by atoms with Crippen molar-refractivity contribution >= 4 is 16.3 Å². The van der Waals surface area contributed by atoms with Crippen LogP contribution < -0.4 is 5.32 Å². The van der Waals surface area contributed by atoms with Crippen molar-refractivity contribution in [1.82, 2.24) is 19.6 Å². The lowest BCUT2D eigenvalue weighted by Gasteiger charge is -2.41. The minimum Gasteiger partial charge on any atom is -0.379 e. The Bertz CT molecular complexity index is 598. The SMILES string of the molecule is Cc1nc2sccn2c1CNCC(C)(C)N1CCOCC1. The lowest BCUT2D eigenvalue weighted by Crippen LogP contribution is -2.54. The molecule has 0 amide bonds. The van der Waals surface area contributed by atoms with Crippen molar-refractivity contribution in [2.45, 2.75) is 32.9 Å². The Morgan fingerprint density at radius 2 is 2.14 bits per heavy atom. The first-order valence-corrected chi connectivity index (χ1v) is 8.40. The van der Waals surface area contributed by atoms with Gasteiger partial charge in [-0.2, -0.15) is 0 Å². The van der Waals surface area contributed by atoms with Crippen molar-refractivity contribution in [3.63, 3.8) is 0 Å². The molecular weight excluding hydrogens is 284 g/mol. The van der Waals surface area contributed by atoms with Crippen molar-refractivity contribution in [2.24, 2.45) is 0 Å². The van der Waals surface area contributed by atoms with E-state index < -0.39 is 0 Å². The van der Waals surface area contributed by atoms with Gasteiger partial charge in [-0.1, -0.05) is 0 Å². The Balaban J connectivity index is 1.60. The summed E-state index contributed by atoms with van der Waals surface area (Å²) in [6, 6.07) is 0. The Morgan fingerprint density at radius 1 is 1.38 bits per heavy atom. The average Bonchev–Trinajstić information content (AvgIpc) is 3.02. The number of aryl methyl sites for hydroxylation is 1. The molecule has 5 nitrogen and oxygen atoms in total. The summed E-state index contributed by atoms with van der Waals surface area (Å²) >= 11 is 1.69. The van der Waals surface area contributed by atoms with Gasteiger partial charge >= 0.3 is 0 Å². The predicted molar refractivity (Wildman–Crippen MR) is 86.0 cm³/mol. The van der Waals surface area contributed by atoms with Gasteiger partial charge in [0, 0.05) is 43.3 Å². The summed E-state index contributed by atoms with van der Waals surface area (Å²) in [6.45, 7) is 12.3. The molecule has 1 saturated heterocycles. The zero-order chi connectivity index (χ0) is 14.9. The standard InChI is InChI=1S/C15H24N4OS/c1-12-13(19-6-9-21-14(19)17-12)10-16-11-15(2,3)18-4-7-20-8-5-18/h6,9,16H,4-5,7-8,10-11H2,1-3H3. The Hall–Kier alpha value is -0.950. The Kier molecular flexibility index (Phi) is 4.31. The topological polar surface area (TPSA) is 41.8 Å². The first-order chi connectivity index (χ1) is 10.1. The fraction of sp³-hybridized carbons (Fsp3) is 0.667. The lowest BCUT2D eigenvalue weighted by atomic mass is 10.0. The number of nitrogens with zero attached hydrogens (tertiary/aromatic N) is 3. The quantitative estimate of drug-likeness (QED) is 0.916. The first-order valence-electron chi connectivity index (χ1n) is 7.52. The maximum Gasteiger partial charge on any atom is 0.194 e. The first kappa shape index (κ1) is 15.0. The van der Waals surface area contributed by atoms with Gasteiger partial charge in [-0.3, -0.25) is 9.30 Å². The number of morpholine rings is 1. The molecule has 2 aromatic rings. The number of imidazole rings is 1. The number of rotatable bonds is 5. The van der Waals surface area contributed by atoms with Crippen LogP contribution in [0.2, 0.25) is 0 Å². The highest BCUT2D eigenvalue weighted by Crippen LogP contribution is 2.18. The van der Waals surface area contributed by atoms with Crippen molar-refractivity contribution in [1.29, 1.82) is 0 Å². The number of hydrogen-bond donors (Lipinski definition) is 1. The van der Waals surface area contributed by atoms with Crippen LogP contribution in [0.25, 0.3) is 4.96 Å². The number of nitrogens with one attached hydrogen (secondary N) is 1. The number of aromatic nitrogens is 2. The van der Waals surface area contributed by atoms with Crippen LogP contribution in [-0.2, 0) is 11.3 Å². The fourth-order valence-electron chi connectivity index (χ4n) is 2.92. The molecule has 0 radical (unpaired) electrons. The summed E-state index contributed by atoms with van der Waals surface area (Å²) in [5.74, 6) is 0. The van der Waals surface area contributed by atoms with Crippen LogP contribution in [0, 0.1) is 6.92 Å². The molecule has 3 heterocycles. The molecule has 0 spiro atoms. The van der Waals surface area contributed by atoms with E-state index in [-0.39, 0.29) is 5.54 Å². The van der Waals surface area contributed by atoms with Crippen LogP contribution >= 0.6 is 11.3 Å². The second-order valence-corrected chi connectivity index (χ2v) is 7.09. The molecule has 6 heteroatoms. The van der Waals surface area contributed by atoms with E-state index in [4.69, 9.17) is 4.74 Å². The van der Waals surface area contributed by atoms with Crippen LogP contribution in [0.4, 0.5) is 0 Å². The van der Waals surface area contributed by atoms with Crippen molar-refractivity contribution in [2.75, 3.05) is 32.8 Å². The number of thiazole rings is 1. The van der Waals surface area contributed by atoms with E-state index in [0.717, 1.165) is 50.0 Å². The molecule has 1 aliphatic rings. The highest BCUT2D eigenvalue weighted by Gasteiger charge is 2.27. The molecule has 1 aliphatic heterocycles. The van der Waals surface area contributed by atoms with Gasteiger partial charge in [0.15, 0.2) is 4.96 Å². The van der Waals surface area contributed by atoms with Crippen molar-refractivity contribution in [3.05, 3.63) is 23.0 Å². The highest BCUT2D eigenvalue weighted by atomic mass is 32.1. The smallest absolute Gasteiger partial charge is 0.194 e. The number of hydrogen-bond acceptors (Lipinski definition) is 5. The van der Waals surface area contributed by atoms with Crippen LogP contribution in [0.3, 0.4) is 0 Å². The van der Waals surface area contributed by atoms with Crippen molar-refractivity contribution < 1.29 is 4.74 Å². The van der Waals surface area contributed by atoms with Gasteiger partial charge in [0.1, 0.15) is 0 Å². The Morgan fingerprint density at radius 3 is 2.90 bits per heavy atom. The normalized spacial score (nSPS) is 17.7. The summed E-state index contributed by atoms with van der Waals surface area (Å²) in [4.78, 5) is 8.18. The molecule has 2 aromatic heterocycles.